The number of nitrogens with one attached hydrogen (secondary N) is 1. The highest BCUT2D eigenvalue weighted by atomic mass is 32.2. The summed E-state index contributed by atoms with van der Waals surface area (Å²) in [6.45, 7) is 1.35. The Morgan fingerprint density at radius 3 is 2.64 bits per heavy atom. The smallest absolute Gasteiger partial charge is 0.258 e. The summed E-state index contributed by atoms with van der Waals surface area (Å²) in [6.07, 6.45) is 0.815. The third-order valence-corrected chi connectivity index (χ3v) is 7.01. The van der Waals surface area contributed by atoms with Gasteiger partial charge in [0.25, 0.3) is 5.69 Å². The summed E-state index contributed by atoms with van der Waals surface area (Å²) in [7, 11) is -7.27. The molecule has 0 amide bonds. The molecule has 1 saturated heterocycles. The highest BCUT2D eigenvalue weighted by Gasteiger charge is 2.30. The van der Waals surface area contributed by atoms with Crippen molar-refractivity contribution in [2.45, 2.75) is 30.7 Å². The van der Waals surface area contributed by atoms with Crippen LogP contribution in [0.15, 0.2) is 23.1 Å². The van der Waals surface area contributed by atoms with Crippen LogP contribution in [0.3, 0.4) is 0 Å². The Hall–Kier alpha value is -1.52. The van der Waals surface area contributed by atoms with Crippen LogP contribution in [0.25, 0.3) is 0 Å². The summed E-state index contributed by atoms with van der Waals surface area (Å²) >= 11 is 0. The summed E-state index contributed by atoms with van der Waals surface area (Å²) in [5.74, 6) is -0.193. The zero-order chi connectivity index (χ0) is 16.5. The van der Waals surface area contributed by atoms with Crippen molar-refractivity contribution in [3.63, 3.8) is 0 Å². The molecule has 22 heavy (non-hydrogen) atoms. The normalized spacial score (nSPS) is 21.4. The Labute approximate surface area is 128 Å². The number of hydrogen-bond donors (Lipinski definition) is 1. The van der Waals surface area contributed by atoms with Crippen LogP contribution in [-0.2, 0) is 19.9 Å². The molecule has 2 rings (SSSR count). The summed E-state index contributed by atoms with van der Waals surface area (Å²) < 4.78 is 50.2. The first kappa shape index (κ1) is 16.8. The van der Waals surface area contributed by atoms with Crippen molar-refractivity contribution in [3.05, 3.63) is 33.9 Å². The molecule has 0 saturated carbocycles. The molecular formula is C12H16N2O6S2. The predicted molar refractivity (Wildman–Crippen MR) is 79.8 cm³/mol. The average molecular weight is 348 g/mol. The van der Waals surface area contributed by atoms with E-state index in [1.165, 1.54) is 25.1 Å². The largest absolute Gasteiger partial charge is 0.273 e. The fourth-order valence-electron chi connectivity index (χ4n) is 2.49. The van der Waals surface area contributed by atoms with Crippen molar-refractivity contribution >= 4 is 25.5 Å². The van der Waals surface area contributed by atoms with Gasteiger partial charge in [0, 0.05) is 17.7 Å². The number of benzene rings is 1. The number of nitro benzene ring substituents is 1. The number of nitro groups is 1. The zero-order valence-corrected chi connectivity index (χ0v) is 13.5. The average Bonchev–Trinajstić information content (AvgIpc) is 2.36. The van der Waals surface area contributed by atoms with E-state index in [4.69, 9.17) is 0 Å². The molecule has 0 bridgehead atoms. The van der Waals surface area contributed by atoms with Crippen molar-refractivity contribution in [1.82, 2.24) is 4.72 Å². The molecule has 0 aliphatic carbocycles. The van der Waals surface area contributed by atoms with Gasteiger partial charge in [0.2, 0.25) is 10.0 Å². The minimum absolute atomic E-state index is 0.0265. The minimum atomic E-state index is -4.02. The second kappa shape index (κ2) is 5.94. The van der Waals surface area contributed by atoms with E-state index >= 15 is 0 Å². The van der Waals surface area contributed by atoms with Crippen LogP contribution in [-0.4, -0.2) is 39.3 Å². The van der Waals surface area contributed by atoms with E-state index in [9.17, 15) is 26.9 Å². The van der Waals surface area contributed by atoms with Crippen LogP contribution < -0.4 is 4.72 Å². The van der Waals surface area contributed by atoms with E-state index in [0.717, 1.165) is 0 Å². The maximum atomic E-state index is 12.4. The van der Waals surface area contributed by atoms with Gasteiger partial charge in [-0.05, 0) is 25.8 Å². The van der Waals surface area contributed by atoms with Crippen molar-refractivity contribution in [2.24, 2.45) is 0 Å². The summed E-state index contributed by atoms with van der Waals surface area (Å²) in [5.41, 5.74) is -0.266. The molecule has 1 aromatic rings. The van der Waals surface area contributed by atoms with Gasteiger partial charge >= 0.3 is 0 Å². The lowest BCUT2D eigenvalue weighted by Crippen LogP contribution is -2.43. The van der Waals surface area contributed by atoms with E-state index in [0.29, 0.717) is 12.8 Å². The Kier molecular flexibility index (Phi) is 4.54. The lowest BCUT2D eigenvalue weighted by atomic mass is 10.2. The topological polar surface area (TPSA) is 123 Å². The first-order valence-electron chi connectivity index (χ1n) is 6.59. The molecule has 0 spiro atoms. The van der Waals surface area contributed by atoms with E-state index in [2.05, 4.69) is 4.72 Å². The van der Waals surface area contributed by atoms with Crippen LogP contribution in [0.1, 0.15) is 18.4 Å². The van der Waals surface area contributed by atoms with Crippen LogP contribution in [0.4, 0.5) is 5.69 Å². The number of hydrogen-bond acceptors (Lipinski definition) is 6. The molecule has 10 heteroatoms. The quantitative estimate of drug-likeness (QED) is 0.633. The standard InChI is InChI=1S/C12H16N2O6S2/c1-9-11(14(15)16)5-2-6-12(9)22(19,20)13-10-4-3-7-21(17,18)8-10/h2,5-6,10,13H,3-4,7-8H2,1H3/t10-/m0/s1. The lowest BCUT2D eigenvalue weighted by Gasteiger charge is -2.23. The molecule has 0 unspecified atom stereocenters. The van der Waals surface area contributed by atoms with Crippen LogP contribution in [0.2, 0.25) is 0 Å². The van der Waals surface area contributed by atoms with Crippen molar-refractivity contribution in [3.8, 4) is 0 Å². The maximum Gasteiger partial charge on any atom is 0.273 e. The van der Waals surface area contributed by atoms with Gasteiger partial charge in [-0.2, -0.15) is 0 Å². The van der Waals surface area contributed by atoms with Crippen molar-refractivity contribution < 1.29 is 21.8 Å². The molecule has 1 aliphatic rings. The third-order valence-electron chi connectivity index (χ3n) is 3.53. The molecule has 1 N–H and O–H groups in total. The van der Waals surface area contributed by atoms with Gasteiger partial charge in [0.1, 0.15) is 0 Å². The van der Waals surface area contributed by atoms with Gasteiger partial charge in [0.05, 0.1) is 21.3 Å². The Bertz CT molecular complexity index is 801. The predicted octanol–water partition coefficient (Wildman–Crippen LogP) is 0.759. The highest BCUT2D eigenvalue weighted by molar-refractivity contribution is 7.91. The SMILES string of the molecule is Cc1c([N+](=O)[O-])cccc1S(=O)(=O)N[C@H]1CCCS(=O)(=O)C1. The molecule has 1 atom stereocenters. The van der Waals surface area contributed by atoms with Gasteiger partial charge < -0.3 is 0 Å². The van der Waals surface area contributed by atoms with Gasteiger partial charge in [-0.15, -0.1) is 0 Å². The molecule has 0 radical (unpaired) electrons. The van der Waals surface area contributed by atoms with Gasteiger partial charge in [-0.1, -0.05) is 6.07 Å². The number of sulfonamides is 1. The molecule has 122 valence electrons. The molecule has 1 aliphatic heterocycles. The number of rotatable bonds is 4. The van der Waals surface area contributed by atoms with Crippen molar-refractivity contribution in [1.29, 1.82) is 0 Å². The molecule has 1 fully saturated rings. The minimum Gasteiger partial charge on any atom is -0.258 e. The second-order valence-electron chi connectivity index (χ2n) is 5.23. The first-order chi connectivity index (χ1) is 10.1. The van der Waals surface area contributed by atoms with Gasteiger partial charge in [0.15, 0.2) is 9.84 Å². The Morgan fingerprint density at radius 2 is 2.05 bits per heavy atom. The lowest BCUT2D eigenvalue weighted by molar-refractivity contribution is -0.385. The fraction of sp³-hybridized carbons (Fsp3) is 0.500. The molecule has 1 heterocycles. The van der Waals surface area contributed by atoms with Gasteiger partial charge in [-0.3, -0.25) is 10.1 Å². The van der Waals surface area contributed by atoms with E-state index < -0.39 is 30.8 Å². The molecule has 0 aromatic heterocycles. The van der Waals surface area contributed by atoms with Crippen LogP contribution in [0, 0.1) is 17.0 Å². The molecule has 8 nitrogen and oxygen atoms in total. The Morgan fingerprint density at radius 1 is 1.36 bits per heavy atom. The third kappa shape index (κ3) is 3.62. The van der Waals surface area contributed by atoms with Crippen LogP contribution >= 0.6 is 0 Å². The number of sulfone groups is 1. The molecule has 1 aromatic carbocycles. The Balaban J connectivity index is 2.32. The van der Waals surface area contributed by atoms with Crippen LogP contribution in [0.5, 0.6) is 0 Å². The van der Waals surface area contributed by atoms with E-state index in [1.807, 2.05) is 0 Å². The summed E-state index contributed by atoms with van der Waals surface area (Å²) in [4.78, 5) is 10.0. The van der Waals surface area contributed by atoms with E-state index in [-0.39, 0.29) is 27.7 Å². The maximum absolute atomic E-state index is 12.4. The first-order valence-corrected chi connectivity index (χ1v) is 9.89. The van der Waals surface area contributed by atoms with Crippen molar-refractivity contribution in [2.75, 3.05) is 11.5 Å². The fourth-order valence-corrected chi connectivity index (χ4v) is 5.76. The van der Waals surface area contributed by atoms with Gasteiger partial charge in [-0.25, -0.2) is 21.6 Å². The highest BCUT2D eigenvalue weighted by Crippen LogP contribution is 2.25. The summed E-state index contributed by atoms with van der Waals surface area (Å²) in [6, 6.07) is 3.07. The second-order valence-corrected chi connectivity index (χ2v) is 9.14. The zero-order valence-electron chi connectivity index (χ0n) is 11.9. The molecular weight excluding hydrogens is 332 g/mol. The van der Waals surface area contributed by atoms with E-state index in [1.54, 1.807) is 0 Å². The monoisotopic (exact) mass is 348 g/mol. The number of nitrogens with zero attached hydrogens (tertiary/aromatic N) is 1. The summed E-state index contributed by atoms with van der Waals surface area (Å²) in [5, 5.41) is 10.9.